The van der Waals surface area contributed by atoms with Crippen molar-refractivity contribution in [1.29, 1.82) is 0 Å². The van der Waals surface area contributed by atoms with E-state index in [4.69, 9.17) is 21.3 Å². The van der Waals surface area contributed by atoms with Gasteiger partial charge in [0.15, 0.2) is 0 Å². The van der Waals surface area contributed by atoms with Crippen LogP contribution in [0.2, 0.25) is 5.02 Å². The topological polar surface area (TPSA) is 47.4 Å². The van der Waals surface area contributed by atoms with Crippen LogP contribution >= 0.6 is 11.6 Å². The number of rotatable bonds is 8. The molecular weight excluding hydrogens is 422 g/mol. The number of nitrogens with zero attached hydrogens (tertiary/aromatic N) is 3. The zero-order valence-corrected chi connectivity index (χ0v) is 19.0. The van der Waals surface area contributed by atoms with Crippen LogP contribution in [0.4, 0.5) is 0 Å². The Kier molecular flexibility index (Phi) is 6.76. The first-order chi connectivity index (χ1) is 15.6. The Morgan fingerprint density at radius 2 is 1.81 bits per heavy atom. The van der Waals surface area contributed by atoms with Gasteiger partial charge in [0.2, 0.25) is 0 Å². The summed E-state index contributed by atoms with van der Waals surface area (Å²) in [6, 6.07) is 23.3. The fraction of sp³-hybridized carbons (Fsp3) is 0.231. The van der Waals surface area contributed by atoms with Gasteiger partial charge in [0.25, 0.3) is 5.91 Å². The highest BCUT2D eigenvalue weighted by molar-refractivity contribution is 6.32. The number of amides is 1. The molecule has 4 aromatic rings. The molecule has 0 bridgehead atoms. The smallest absolute Gasteiger partial charge is 0.254 e. The number of carbonyl (C=O) groups excluding carboxylic acids is 1. The molecule has 0 saturated heterocycles. The van der Waals surface area contributed by atoms with Crippen LogP contribution in [0.25, 0.3) is 16.7 Å². The van der Waals surface area contributed by atoms with E-state index in [1.54, 1.807) is 25.3 Å². The quantitative estimate of drug-likeness (QED) is 0.326. The summed E-state index contributed by atoms with van der Waals surface area (Å²) in [4.78, 5) is 20.2. The summed E-state index contributed by atoms with van der Waals surface area (Å²) in [5.74, 6) is 1.30. The third-order valence-corrected chi connectivity index (χ3v) is 5.74. The third-order valence-electron chi connectivity index (χ3n) is 5.44. The molecule has 32 heavy (non-hydrogen) atoms. The molecule has 0 saturated carbocycles. The second-order valence-electron chi connectivity index (χ2n) is 7.62. The van der Waals surface area contributed by atoms with Crippen molar-refractivity contribution in [2.75, 3.05) is 13.7 Å². The number of unbranched alkanes of at least 4 members (excludes halogenated alkanes) is 1. The molecule has 164 valence electrons. The molecule has 1 heterocycles. The molecule has 0 atom stereocenters. The second kappa shape index (κ2) is 9.88. The lowest BCUT2D eigenvalue weighted by atomic mass is 10.1. The number of aromatic nitrogens is 2. The van der Waals surface area contributed by atoms with Crippen LogP contribution in [0.3, 0.4) is 0 Å². The van der Waals surface area contributed by atoms with E-state index in [0.717, 1.165) is 35.4 Å². The summed E-state index contributed by atoms with van der Waals surface area (Å²) in [5.41, 5.74) is 3.48. The molecule has 0 unspecified atom stereocenters. The van der Waals surface area contributed by atoms with E-state index in [2.05, 4.69) is 29.7 Å². The van der Waals surface area contributed by atoms with Gasteiger partial charge in [0.05, 0.1) is 29.7 Å². The van der Waals surface area contributed by atoms with Crippen LogP contribution in [0, 0.1) is 0 Å². The van der Waals surface area contributed by atoms with Crippen molar-refractivity contribution in [2.24, 2.45) is 0 Å². The Hall–Kier alpha value is -3.31. The van der Waals surface area contributed by atoms with Crippen molar-refractivity contribution in [2.45, 2.75) is 26.3 Å². The first-order valence-electron chi connectivity index (χ1n) is 10.8. The summed E-state index contributed by atoms with van der Waals surface area (Å²) < 4.78 is 7.36. The molecule has 0 aliphatic heterocycles. The van der Waals surface area contributed by atoms with Crippen molar-refractivity contribution in [3.63, 3.8) is 0 Å². The Labute approximate surface area is 193 Å². The van der Waals surface area contributed by atoms with Crippen molar-refractivity contribution < 1.29 is 9.53 Å². The van der Waals surface area contributed by atoms with Gasteiger partial charge < -0.3 is 9.64 Å². The fourth-order valence-corrected chi connectivity index (χ4v) is 4.06. The summed E-state index contributed by atoms with van der Waals surface area (Å²) in [5, 5.41) is 0.422. The Morgan fingerprint density at radius 1 is 1.06 bits per heavy atom. The molecule has 0 N–H and O–H groups in total. The third kappa shape index (κ3) is 4.48. The van der Waals surface area contributed by atoms with E-state index in [9.17, 15) is 4.79 Å². The van der Waals surface area contributed by atoms with Crippen LogP contribution in [0.1, 0.15) is 35.9 Å². The Bertz CT molecular complexity index is 1220. The molecule has 5 nitrogen and oxygen atoms in total. The van der Waals surface area contributed by atoms with Crippen LogP contribution < -0.4 is 4.74 Å². The molecule has 3 aromatic carbocycles. The molecule has 0 aliphatic carbocycles. The van der Waals surface area contributed by atoms with Crippen LogP contribution in [0.15, 0.2) is 72.8 Å². The maximum atomic E-state index is 13.5. The van der Waals surface area contributed by atoms with Crippen LogP contribution in [-0.2, 0) is 6.54 Å². The van der Waals surface area contributed by atoms with E-state index in [1.807, 2.05) is 41.3 Å². The predicted octanol–water partition coefficient (Wildman–Crippen LogP) is 6.13. The minimum absolute atomic E-state index is 0.0744. The molecule has 1 amide bonds. The van der Waals surface area contributed by atoms with E-state index in [-0.39, 0.29) is 5.91 Å². The van der Waals surface area contributed by atoms with Crippen molar-refractivity contribution in [3.05, 3.63) is 89.2 Å². The number of hydrogen-bond acceptors (Lipinski definition) is 3. The van der Waals surface area contributed by atoms with E-state index < -0.39 is 0 Å². The molecule has 0 aliphatic rings. The van der Waals surface area contributed by atoms with Gasteiger partial charge >= 0.3 is 0 Å². The standard InChI is InChI=1S/C26H26ClN3O2/c1-3-4-16-29(26(31)19-14-15-24(32-2)21(27)17-19)18-25-28-22-12-8-9-13-23(22)30(25)20-10-6-5-7-11-20/h5-15,17H,3-4,16,18H2,1-2H3. The zero-order chi connectivity index (χ0) is 22.5. The number of carbonyl (C=O) groups is 1. The van der Waals surface area contributed by atoms with Gasteiger partial charge in [-0.25, -0.2) is 4.98 Å². The minimum atomic E-state index is -0.0744. The van der Waals surface area contributed by atoms with E-state index in [1.165, 1.54) is 0 Å². The number of imidazole rings is 1. The number of halogens is 1. The molecule has 1 aromatic heterocycles. The molecular formula is C26H26ClN3O2. The van der Waals surface area contributed by atoms with Gasteiger partial charge in [-0.05, 0) is 48.9 Å². The molecule has 4 rings (SSSR count). The number of methoxy groups -OCH3 is 1. The normalized spacial score (nSPS) is 11.0. The second-order valence-corrected chi connectivity index (χ2v) is 8.02. The molecule has 0 fully saturated rings. The first kappa shape index (κ1) is 21.9. The van der Waals surface area contributed by atoms with Crippen LogP contribution in [-0.4, -0.2) is 34.0 Å². The molecule has 6 heteroatoms. The highest BCUT2D eigenvalue weighted by Gasteiger charge is 2.21. The molecule has 0 spiro atoms. The van der Waals surface area contributed by atoms with Gasteiger partial charge in [0, 0.05) is 17.8 Å². The van der Waals surface area contributed by atoms with E-state index in [0.29, 0.717) is 29.4 Å². The van der Waals surface area contributed by atoms with Gasteiger partial charge in [-0.2, -0.15) is 0 Å². The van der Waals surface area contributed by atoms with Gasteiger partial charge in [0.1, 0.15) is 11.6 Å². The minimum Gasteiger partial charge on any atom is -0.495 e. The van der Waals surface area contributed by atoms with Crippen molar-refractivity contribution in [3.8, 4) is 11.4 Å². The highest BCUT2D eigenvalue weighted by atomic mass is 35.5. The average Bonchev–Trinajstić information content (AvgIpc) is 3.19. The maximum absolute atomic E-state index is 13.5. The Morgan fingerprint density at radius 3 is 2.53 bits per heavy atom. The SMILES string of the molecule is CCCCN(Cc1nc2ccccc2n1-c1ccccc1)C(=O)c1ccc(OC)c(Cl)c1. The highest BCUT2D eigenvalue weighted by Crippen LogP contribution is 2.27. The number of para-hydroxylation sites is 3. The van der Waals surface area contributed by atoms with Gasteiger partial charge in [-0.1, -0.05) is 55.3 Å². The summed E-state index contributed by atoms with van der Waals surface area (Å²) in [6.45, 7) is 3.15. The number of ether oxygens (including phenoxy) is 1. The Balaban J connectivity index is 1.73. The van der Waals surface area contributed by atoms with E-state index >= 15 is 0 Å². The van der Waals surface area contributed by atoms with Crippen LogP contribution in [0.5, 0.6) is 5.75 Å². The summed E-state index contributed by atoms with van der Waals surface area (Å²) in [7, 11) is 1.56. The predicted molar refractivity (Wildman–Crippen MR) is 129 cm³/mol. The van der Waals surface area contributed by atoms with Gasteiger partial charge in [-0.15, -0.1) is 0 Å². The number of hydrogen-bond donors (Lipinski definition) is 0. The van der Waals surface area contributed by atoms with Crippen molar-refractivity contribution >= 4 is 28.5 Å². The number of fused-ring (bicyclic) bond motifs is 1. The zero-order valence-electron chi connectivity index (χ0n) is 18.3. The average molecular weight is 448 g/mol. The molecule has 0 radical (unpaired) electrons. The van der Waals surface area contributed by atoms with Crippen molar-refractivity contribution in [1.82, 2.24) is 14.5 Å². The first-order valence-corrected chi connectivity index (χ1v) is 11.1. The summed E-state index contributed by atoms with van der Waals surface area (Å²) in [6.07, 6.45) is 1.89. The van der Waals surface area contributed by atoms with Gasteiger partial charge in [-0.3, -0.25) is 9.36 Å². The largest absolute Gasteiger partial charge is 0.495 e. The number of benzene rings is 3. The lowest BCUT2D eigenvalue weighted by molar-refractivity contribution is 0.0736. The summed E-state index contributed by atoms with van der Waals surface area (Å²) >= 11 is 6.29. The fourth-order valence-electron chi connectivity index (χ4n) is 3.80. The maximum Gasteiger partial charge on any atom is 0.254 e. The lowest BCUT2D eigenvalue weighted by Crippen LogP contribution is -2.32. The lowest BCUT2D eigenvalue weighted by Gasteiger charge is -2.23. The monoisotopic (exact) mass is 447 g/mol.